The summed E-state index contributed by atoms with van der Waals surface area (Å²) in [6.45, 7) is 5.04. The Morgan fingerprint density at radius 3 is 3.09 bits per heavy atom. The first-order valence-electron chi connectivity index (χ1n) is 9.11. The Balaban J connectivity index is 1.72. The molecular weight excluding hydrogens is 284 g/mol. The highest BCUT2D eigenvalue weighted by atomic mass is 16.3. The number of hydrogen-bond acceptors (Lipinski definition) is 3. The predicted octanol–water partition coefficient (Wildman–Crippen LogP) is 2.38. The fourth-order valence-corrected chi connectivity index (χ4v) is 7.92. The normalized spacial score (nSPS) is 51.5. The standard InChI is InChI=1S/C20H24N2O/c1-13-18-7-4-9-22-10-8-19(17(18)22)15-5-2-3-6-16(15)21-20(13,19)14(11-18)12-23/h2-7,13-14,17,21,23H,8-12H2,1H3/t13-,14+,17+,18+,19-,20-/m1/s1. The van der Waals surface area contributed by atoms with Gasteiger partial charge in [-0.3, -0.25) is 4.90 Å². The van der Waals surface area contributed by atoms with E-state index in [2.05, 4.69) is 53.6 Å². The molecule has 6 atom stereocenters. The van der Waals surface area contributed by atoms with Crippen LogP contribution in [0.5, 0.6) is 0 Å². The maximum absolute atomic E-state index is 10.3. The van der Waals surface area contributed by atoms with Gasteiger partial charge in [0, 0.05) is 41.6 Å². The van der Waals surface area contributed by atoms with Crippen LogP contribution < -0.4 is 5.32 Å². The molecule has 3 nitrogen and oxygen atoms in total. The lowest BCUT2D eigenvalue weighted by Gasteiger charge is -2.51. The van der Waals surface area contributed by atoms with E-state index < -0.39 is 0 Å². The van der Waals surface area contributed by atoms with Gasteiger partial charge in [0.05, 0.1) is 5.54 Å². The van der Waals surface area contributed by atoms with Gasteiger partial charge >= 0.3 is 0 Å². The Hall–Kier alpha value is -1.32. The lowest BCUT2D eigenvalue weighted by Crippen LogP contribution is -2.62. The molecule has 2 saturated carbocycles. The van der Waals surface area contributed by atoms with Gasteiger partial charge in [0.1, 0.15) is 0 Å². The maximum atomic E-state index is 10.3. The van der Waals surface area contributed by atoms with Crippen LogP contribution in [-0.2, 0) is 5.41 Å². The highest BCUT2D eigenvalue weighted by Gasteiger charge is 2.84. The Morgan fingerprint density at radius 2 is 2.22 bits per heavy atom. The van der Waals surface area contributed by atoms with Crippen LogP contribution in [0, 0.1) is 17.3 Å². The lowest BCUT2D eigenvalue weighted by molar-refractivity contribution is 0.0536. The van der Waals surface area contributed by atoms with Gasteiger partial charge in [0.25, 0.3) is 0 Å². The first-order valence-corrected chi connectivity index (χ1v) is 9.11. The Labute approximate surface area is 137 Å². The van der Waals surface area contributed by atoms with Gasteiger partial charge < -0.3 is 10.4 Å². The molecule has 3 fully saturated rings. The Kier molecular flexibility index (Phi) is 2.08. The number of nitrogens with one attached hydrogen (secondary N) is 1. The Bertz CT molecular complexity index is 745. The molecule has 1 saturated heterocycles. The van der Waals surface area contributed by atoms with Crippen LogP contribution in [-0.4, -0.2) is 41.3 Å². The summed E-state index contributed by atoms with van der Waals surface area (Å²) in [6.07, 6.45) is 7.29. The number of benzene rings is 1. The van der Waals surface area contributed by atoms with E-state index in [0.29, 0.717) is 24.5 Å². The molecule has 2 N–H and O–H groups in total. The number of anilines is 1. The van der Waals surface area contributed by atoms with E-state index >= 15 is 0 Å². The number of hydrogen-bond donors (Lipinski definition) is 2. The molecule has 2 bridgehead atoms. The number of fused-ring (bicyclic) bond motifs is 1. The molecule has 6 rings (SSSR count). The van der Waals surface area contributed by atoms with Crippen molar-refractivity contribution in [3.63, 3.8) is 0 Å². The molecule has 3 heteroatoms. The zero-order valence-electron chi connectivity index (χ0n) is 13.6. The van der Waals surface area contributed by atoms with Gasteiger partial charge in [0.2, 0.25) is 0 Å². The summed E-state index contributed by atoms with van der Waals surface area (Å²) in [7, 11) is 0. The van der Waals surface area contributed by atoms with Gasteiger partial charge in [-0.25, -0.2) is 0 Å². The quantitative estimate of drug-likeness (QED) is 0.782. The van der Waals surface area contributed by atoms with Gasteiger partial charge in [0.15, 0.2) is 0 Å². The smallest absolute Gasteiger partial charge is 0.0571 e. The van der Waals surface area contributed by atoms with Gasteiger partial charge in [-0.1, -0.05) is 37.3 Å². The van der Waals surface area contributed by atoms with Crippen molar-refractivity contribution in [1.82, 2.24) is 4.90 Å². The molecular formula is C20H24N2O. The molecule has 3 aliphatic heterocycles. The maximum Gasteiger partial charge on any atom is 0.0571 e. The summed E-state index contributed by atoms with van der Waals surface area (Å²) in [5, 5.41) is 14.3. The molecule has 3 spiro atoms. The monoisotopic (exact) mass is 308 g/mol. The number of aliphatic hydroxyl groups is 1. The summed E-state index contributed by atoms with van der Waals surface area (Å²) in [5.74, 6) is 0.910. The number of para-hydroxylation sites is 1. The number of nitrogens with zero attached hydrogens (tertiary/aromatic N) is 1. The van der Waals surface area contributed by atoms with Gasteiger partial charge in [-0.05, 0) is 36.9 Å². The Morgan fingerprint density at radius 1 is 1.35 bits per heavy atom. The van der Waals surface area contributed by atoms with Crippen molar-refractivity contribution < 1.29 is 5.11 Å². The van der Waals surface area contributed by atoms with Crippen LogP contribution in [0.4, 0.5) is 5.69 Å². The molecule has 1 aromatic carbocycles. The minimum atomic E-state index is 0.0273. The SMILES string of the molecule is C[C@@H]1[C@]23C=CCN4CC[C@@]5(c6ccccc6N[C@@]15[C@H](CO)C2)[C@@H]43. The fraction of sp³-hybridized carbons (Fsp3) is 0.600. The second kappa shape index (κ2) is 3.68. The first kappa shape index (κ1) is 13.0. The van der Waals surface area contributed by atoms with Crippen LogP contribution >= 0.6 is 0 Å². The van der Waals surface area contributed by atoms with Crippen molar-refractivity contribution in [3.8, 4) is 0 Å². The van der Waals surface area contributed by atoms with Crippen molar-refractivity contribution in [2.75, 3.05) is 25.0 Å². The fourth-order valence-electron chi connectivity index (χ4n) is 7.92. The molecule has 120 valence electrons. The van der Waals surface area contributed by atoms with E-state index in [1.807, 2.05) is 0 Å². The molecule has 1 aromatic rings. The second-order valence-electron chi connectivity index (χ2n) is 8.48. The van der Waals surface area contributed by atoms with Crippen LogP contribution in [0.1, 0.15) is 25.3 Å². The third kappa shape index (κ3) is 1.03. The minimum absolute atomic E-state index is 0.0273. The van der Waals surface area contributed by atoms with Crippen molar-refractivity contribution in [1.29, 1.82) is 0 Å². The molecule has 0 radical (unpaired) electrons. The number of rotatable bonds is 1. The topological polar surface area (TPSA) is 35.5 Å². The van der Waals surface area contributed by atoms with E-state index in [4.69, 9.17) is 0 Å². The minimum Gasteiger partial charge on any atom is -0.396 e. The zero-order chi connectivity index (χ0) is 15.4. The van der Waals surface area contributed by atoms with Crippen LogP contribution in [0.3, 0.4) is 0 Å². The van der Waals surface area contributed by atoms with Crippen LogP contribution in [0.2, 0.25) is 0 Å². The van der Waals surface area contributed by atoms with Crippen molar-refractivity contribution >= 4 is 5.69 Å². The highest BCUT2D eigenvalue weighted by molar-refractivity contribution is 5.71. The number of aliphatic hydroxyl groups excluding tert-OH is 1. The van der Waals surface area contributed by atoms with E-state index in [0.717, 1.165) is 13.0 Å². The zero-order valence-corrected chi connectivity index (χ0v) is 13.6. The van der Waals surface area contributed by atoms with E-state index in [-0.39, 0.29) is 16.4 Å². The van der Waals surface area contributed by atoms with Crippen molar-refractivity contribution in [3.05, 3.63) is 42.0 Å². The third-order valence-corrected chi connectivity index (χ3v) is 8.34. The van der Waals surface area contributed by atoms with Gasteiger partial charge in [-0.15, -0.1) is 0 Å². The molecule has 0 aromatic heterocycles. The third-order valence-electron chi connectivity index (χ3n) is 8.34. The second-order valence-corrected chi connectivity index (χ2v) is 8.48. The van der Waals surface area contributed by atoms with E-state index in [9.17, 15) is 5.11 Å². The largest absolute Gasteiger partial charge is 0.396 e. The average Bonchev–Trinajstić information content (AvgIpc) is 3.23. The molecule has 23 heavy (non-hydrogen) atoms. The lowest BCUT2D eigenvalue weighted by atomic mass is 9.57. The average molecular weight is 308 g/mol. The van der Waals surface area contributed by atoms with Gasteiger partial charge in [-0.2, -0.15) is 0 Å². The first-order chi connectivity index (χ1) is 11.2. The molecule has 3 heterocycles. The molecule has 0 unspecified atom stereocenters. The molecule has 0 amide bonds. The summed E-state index contributed by atoms with van der Waals surface area (Å²) >= 11 is 0. The van der Waals surface area contributed by atoms with E-state index in [1.54, 1.807) is 0 Å². The summed E-state index contributed by atoms with van der Waals surface area (Å²) in [4.78, 5) is 2.73. The summed E-state index contributed by atoms with van der Waals surface area (Å²) in [6, 6.07) is 9.56. The van der Waals surface area contributed by atoms with Crippen LogP contribution in [0.25, 0.3) is 0 Å². The van der Waals surface area contributed by atoms with Crippen LogP contribution in [0.15, 0.2) is 36.4 Å². The van der Waals surface area contributed by atoms with Crippen molar-refractivity contribution in [2.24, 2.45) is 17.3 Å². The molecule has 2 aliphatic carbocycles. The van der Waals surface area contributed by atoms with E-state index in [1.165, 1.54) is 24.2 Å². The van der Waals surface area contributed by atoms with Crippen molar-refractivity contribution in [2.45, 2.75) is 36.8 Å². The summed E-state index contributed by atoms with van der Waals surface area (Å²) < 4.78 is 0. The molecule has 5 aliphatic rings. The predicted molar refractivity (Wildman–Crippen MR) is 90.4 cm³/mol. The summed E-state index contributed by atoms with van der Waals surface area (Å²) in [5.41, 5.74) is 3.29. The highest BCUT2D eigenvalue weighted by Crippen LogP contribution is 2.78.